The summed E-state index contributed by atoms with van der Waals surface area (Å²) in [5, 5.41) is 4.66. The van der Waals surface area contributed by atoms with Gasteiger partial charge in [0.15, 0.2) is 11.5 Å². The van der Waals surface area contributed by atoms with Gasteiger partial charge < -0.3 is 9.47 Å². The van der Waals surface area contributed by atoms with Crippen LogP contribution in [-0.4, -0.2) is 24.8 Å². The third kappa shape index (κ3) is 3.57. The molecular formula is C16H12Cl2N2O3. The van der Waals surface area contributed by atoms with E-state index < -0.39 is 12.0 Å². The van der Waals surface area contributed by atoms with E-state index in [0.29, 0.717) is 27.1 Å². The Hall–Kier alpha value is -2.24. The zero-order valence-corrected chi connectivity index (χ0v) is 13.3. The van der Waals surface area contributed by atoms with E-state index in [1.165, 1.54) is 6.21 Å². The van der Waals surface area contributed by atoms with Crippen molar-refractivity contribution in [1.29, 1.82) is 0 Å². The number of hydrazone groups is 1. The molecule has 1 heterocycles. The molecule has 0 saturated heterocycles. The van der Waals surface area contributed by atoms with Gasteiger partial charge in [0.25, 0.3) is 5.91 Å². The largest absolute Gasteiger partial charge is 0.485 e. The van der Waals surface area contributed by atoms with Crippen molar-refractivity contribution < 1.29 is 14.3 Å². The van der Waals surface area contributed by atoms with E-state index in [9.17, 15) is 4.79 Å². The smallest absolute Gasteiger partial charge is 0.284 e. The number of fused-ring (bicyclic) bond motifs is 1. The fourth-order valence-electron chi connectivity index (χ4n) is 2.01. The highest BCUT2D eigenvalue weighted by atomic mass is 35.5. The summed E-state index contributed by atoms with van der Waals surface area (Å²) in [6, 6.07) is 12.3. The van der Waals surface area contributed by atoms with Crippen molar-refractivity contribution >= 4 is 35.3 Å². The van der Waals surface area contributed by atoms with Crippen molar-refractivity contribution in [1.82, 2.24) is 5.43 Å². The Morgan fingerprint density at radius 1 is 1.17 bits per heavy atom. The average Bonchev–Trinajstić information content (AvgIpc) is 2.58. The number of carbonyl (C=O) groups is 1. The molecule has 23 heavy (non-hydrogen) atoms. The number of hydrogen-bond acceptors (Lipinski definition) is 4. The van der Waals surface area contributed by atoms with Crippen LogP contribution in [0.4, 0.5) is 0 Å². The molecule has 1 atom stereocenters. The first-order valence-corrected chi connectivity index (χ1v) is 7.56. The monoisotopic (exact) mass is 350 g/mol. The van der Waals surface area contributed by atoms with Gasteiger partial charge in [0.05, 0.1) is 16.3 Å². The van der Waals surface area contributed by atoms with Gasteiger partial charge in [-0.2, -0.15) is 5.10 Å². The van der Waals surface area contributed by atoms with E-state index in [1.807, 2.05) is 12.1 Å². The number of amides is 1. The summed E-state index contributed by atoms with van der Waals surface area (Å²) in [6.45, 7) is 0.121. The molecule has 3 rings (SSSR count). The lowest BCUT2D eigenvalue weighted by atomic mass is 10.2. The van der Waals surface area contributed by atoms with Crippen LogP contribution >= 0.6 is 23.2 Å². The lowest BCUT2D eigenvalue weighted by Crippen LogP contribution is -2.42. The number of nitrogens with zero attached hydrogens (tertiary/aromatic N) is 1. The minimum atomic E-state index is -0.767. The van der Waals surface area contributed by atoms with Gasteiger partial charge in [-0.25, -0.2) is 5.43 Å². The SMILES string of the molecule is O=C(N/N=C\c1cccc(Cl)c1Cl)[C@@H]1COc2ccccc2O1. The van der Waals surface area contributed by atoms with E-state index in [2.05, 4.69) is 10.5 Å². The number of benzene rings is 2. The van der Waals surface area contributed by atoms with E-state index in [-0.39, 0.29) is 6.61 Å². The molecule has 7 heteroatoms. The number of halogens is 2. The molecule has 2 aromatic carbocycles. The molecule has 0 fully saturated rings. The van der Waals surface area contributed by atoms with Crippen molar-refractivity contribution in [3.05, 3.63) is 58.1 Å². The average molecular weight is 351 g/mol. The molecule has 118 valence electrons. The zero-order chi connectivity index (χ0) is 16.2. The van der Waals surface area contributed by atoms with E-state index in [4.69, 9.17) is 32.7 Å². The highest BCUT2D eigenvalue weighted by Gasteiger charge is 2.26. The van der Waals surface area contributed by atoms with Crippen molar-refractivity contribution in [2.75, 3.05) is 6.61 Å². The Labute approximate surface area is 142 Å². The van der Waals surface area contributed by atoms with Gasteiger partial charge >= 0.3 is 0 Å². The quantitative estimate of drug-likeness (QED) is 0.682. The second kappa shape index (κ2) is 6.89. The van der Waals surface area contributed by atoms with Gasteiger partial charge in [0.1, 0.15) is 6.61 Å². The molecule has 0 spiro atoms. The first-order chi connectivity index (χ1) is 11.1. The Balaban J connectivity index is 1.62. The molecule has 0 saturated carbocycles. The van der Waals surface area contributed by atoms with E-state index in [1.54, 1.807) is 30.3 Å². The summed E-state index contributed by atoms with van der Waals surface area (Å²) >= 11 is 11.9. The zero-order valence-electron chi connectivity index (χ0n) is 11.8. The molecule has 0 unspecified atom stereocenters. The van der Waals surface area contributed by atoms with Crippen molar-refractivity contribution in [3.63, 3.8) is 0 Å². The fraction of sp³-hybridized carbons (Fsp3) is 0.125. The lowest BCUT2D eigenvalue weighted by Gasteiger charge is -2.24. The van der Waals surface area contributed by atoms with Crippen LogP contribution in [-0.2, 0) is 4.79 Å². The first-order valence-electron chi connectivity index (χ1n) is 6.80. The first kappa shape index (κ1) is 15.6. The predicted molar refractivity (Wildman–Crippen MR) is 88.6 cm³/mol. The molecule has 1 aliphatic rings. The van der Waals surface area contributed by atoms with Crippen molar-refractivity contribution in [2.24, 2.45) is 5.10 Å². The maximum Gasteiger partial charge on any atom is 0.284 e. The Kier molecular flexibility index (Phi) is 4.69. The maximum atomic E-state index is 12.1. The van der Waals surface area contributed by atoms with Crippen LogP contribution in [0.1, 0.15) is 5.56 Å². The molecule has 1 N–H and O–H groups in total. The Morgan fingerprint density at radius 3 is 2.78 bits per heavy atom. The molecular weight excluding hydrogens is 339 g/mol. The maximum absolute atomic E-state index is 12.1. The van der Waals surface area contributed by atoms with Crippen LogP contribution in [0.2, 0.25) is 10.0 Å². The molecule has 0 bridgehead atoms. The van der Waals surface area contributed by atoms with Gasteiger partial charge in [0, 0.05) is 5.56 Å². The predicted octanol–water partition coefficient (Wildman–Crippen LogP) is 3.28. The van der Waals surface area contributed by atoms with Crippen LogP contribution in [0.5, 0.6) is 11.5 Å². The molecule has 0 aliphatic carbocycles. The van der Waals surface area contributed by atoms with Gasteiger partial charge in [-0.05, 0) is 18.2 Å². The summed E-state index contributed by atoms with van der Waals surface area (Å²) in [5.41, 5.74) is 3.00. The van der Waals surface area contributed by atoms with Crippen LogP contribution in [0.25, 0.3) is 0 Å². The lowest BCUT2D eigenvalue weighted by molar-refractivity contribution is -0.130. The van der Waals surface area contributed by atoms with Crippen molar-refractivity contribution in [2.45, 2.75) is 6.10 Å². The highest BCUT2D eigenvalue weighted by molar-refractivity contribution is 6.43. The van der Waals surface area contributed by atoms with Gasteiger partial charge in [-0.1, -0.05) is 47.5 Å². The van der Waals surface area contributed by atoms with E-state index in [0.717, 1.165) is 0 Å². The highest BCUT2D eigenvalue weighted by Crippen LogP contribution is 2.30. The van der Waals surface area contributed by atoms with Crippen LogP contribution < -0.4 is 14.9 Å². The summed E-state index contributed by atoms with van der Waals surface area (Å²) in [4.78, 5) is 12.1. The van der Waals surface area contributed by atoms with Crippen LogP contribution in [0.15, 0.2) is 47.6 Å². The molecule has 1 aliphatic heterocycles. The number of carbonyl (C=O) groups excluding carboxylic acids is 1. The number of rotatable bonds is 3. The molecule has 0 aromatic heterocycles. The minimum Gasteiger partial charge on any atom is -0.485 e. The topological polar surface area (TPSA) is 59.9 Å². The second-order valence-corrected chi connectivity index (χ2v) is 5.53. The Morgan fingerprint density at radius 2 is 1.96 bits per heavy atom. The normalized spacial score (nSPS) is 16.3. The van der Waals surface area contributed by atoms with Crippen LogP contribution in [0.3, 0.4) is 0 Å². The molecule has 2 aromatic rings. The fourth-order valence-corrected chi connectivity index (χ4v) is 2.36. The van der Waals surface area contributed by atoms with Crippen LogP contribution in [0, 0.1) is 0 Å². The number of nitrogens with one attached hydrogen (secondary N) is 1. The number of ether oxygens (including phenoxy) is 2. The number of para-hydroxylation sites is 2. The third-order valence-electron chi connectivity index (χ3n) is 3.16. The molecule has 0 radical (unpaired) electrons. The Bertz CT molecular complexity index is 765. The summed E-state index contributed by atoms with van der Waals surface area (Å²) < 4.78 is 11.1. The standard InChI is InChI=1S/C16H12Cl2N2O3/c17-11-5-3-4-10(15(11)18)8-19-20-16(21)14-9-22-12-6-1-2-7-13(12)23-14/h1-8,14H,9H2,(H,20,21)/b19-8-/t14-/m0/s1. The van der Waals surface area contributed by atoms with Gasteiger partial charge in [-0.3, -0.25) is 4.79 Å². The molecule has 5 nitrogen and oxygen atoms in total. The summed E-state index contributed by atoms with van der Waals surface area (Å²) in [5.74, 6) is 0.737. The van der Waals surface area contributed by atoms with Gasteiger partial charge in [0.2, 0.25) is 6.10 Å². The molecule has 1 amide bonds. The summed E-state index contributed by atoms with van der Waals surface area (Å²) in [6.07, 6.45) is 0.654. The van der Waals surface area contributed by atoms with Gasteiger partial charge in [-0.15, -0.1) is 0 Å². The van der Waals surface area contributed by atoms with Crippen molar-refractivity contribution in [3.8, 4) is 11.5 Å². The second-order valence-electron chi connectivity index (χ2n) is 4.74. The minimum absolute atomic E-state index is 0.121. The number of hydrogen-bond donors (Lipinski definition) is 1. The third-order valence-corrected chi connectivity index (χ3v) is 3.99. The summed E-state index contributed by atoms with van der Waals surface area (Å²) in [7, 11) is 0. The van der Waals surface area contributed by atoms with E-state index >= 15 is 0 Å².